The van der Waals surface area contributed by atoms with Crippen LogP contribution in [0.3, 0.4) is 0 Å². The highest BCUT2D eigenvalue weighted by atomic mass is 16.8. The van der Waals surface area contributed by atoms with Crippen molar-refractivity contribution in [1.82, 2.24) is 0 Å². The van der Waals surface area contributed by atoms with Crippen molar-refractivity contribution in [2.24, 2.45) is 0 Å². The first-order valence-corrected chi connectivity index (χ1v) is 10.3. The lowest BCUT2D eigenvalue weighted by Gasteiger charge is -2.25. The molecule has 2 aliphatic rings. The highest BCUT2D eigenvalue weighted by Crippen LogP contribution is 2.31. The molecule has 2 heterocycles. The van der Waals surface area contributed by atoms with Crippen LogP contribution in [0.5, 0.6) is 0 Å². The quantitative estimate of drug-likeness (QED) is 0.309. The van der Waals surface area contributed by atoms with Crippen molar-refractivity contribution >= 4 is 0 Å². The van der Waals surface area contributed by atoms with Crippen molar-refractivity contribution in [3.8, 4) is 0 Å². The van der Waals surface area contributed by atoms with Gasteiger partial charge >= 0.3 is 0 Å². The largest absolute Gasteiger partial charge is 0.394 e. The number of unbranched alkanes of at least 4 members (excludes halogenated alkanes) is 5. The van der Waals surface area contributed by atoms with Crippen LogP contribution in [0.4, 0.5) is 0 Å². The Morgan fingerprint density at radius 3 is 1.96 bits per heavy atom. The molecule has 2 rings (SSSR count). The zero-order valence-corrected chi connectivity index (χ0v) is 16.8. The smallest absolute Gasteiger partial charge is 0.187 e. The van der Waals surface area contributed by atoms with Crippen molar-refractivity contribution in [3.05, 3.63) is 0 Å². The van der Waals surface area contributed by atoms with Gasteiger partial charge in [-0.15, -0.1) is 0 Å². The van der Waals surface area contributed by atoms with E-state index in [9.17, 15) is 20.4 Å². The molecular formula is C19H36O9. The van der Waals surface area contributed by atoms with Gasteiger partial charge < -0.3 is 44.1 Å². The van der Waals surface area contributed by atoms with Crippen LogP contribution < -0.4 is 0 Å². The molecule has 0 aromatic heterocycles. The lowest BCUT2D eigenvalue weighted by atomic mass is 10.1. The predicted molar refractivity (Wildman–Crippen MR) is 98.5 cm³/mol. The summed E-state index contributed by atoms with van der Waals surface area (Å²) < 4.78 is 27.5. The maximum Gasteiger partial charge on any atom is 0.187 e. The lowest BCUT2D eigenvalue weighted by Crippen LogP contribution is -2.43. The molecule has 0 amide bonds. The summed E-state index contributed by atoms with van der Waals surface area (Å²) in [5.41, 5.74) is 0. The number of ether oxygens (including phenoxy) is 5. The monoisotopic (exact) mass is 408 g/mol. The number of aliphatic hydroxyl groups excluding tert-OH is 4. The van der Waals surface area contributed by atoms with E-state index in [0.717, 1.165) is 19.3 Å². The number of hydrogen-bond donors (Lipinski definition) is 4. The second-order valence-electron chi connectivity index (χ2n) is 7.37. The van der Waals surface area contributed by atoms with E-state index in [-0.39, 0.29) is 13.2 Å². The molecule has 0 bridgehead atoms. The number of methoxy groups -OCH3 is 1. The van der Waals surface area contributed by atoms with Crippen molar-refractivity contribution < 1.29 is 44.1 Å². The van der Waals surface area contributed by atoms with Crippen LogP contribution in [-0.4, -0.2) is 96.6 Å². The minimum Gasteiger partial charge on any atom is -0.394 e. The molecule has 166 valence electrons. The zero-order chi connectivity index (χ0) is 20.5. The third kappa shape index (κ3) is 6.07. The molecule has 0 spiro atoms. The Hall–Kier alpha value is -0.360. The Morgan fingerprint density at radius 2 is 1.36 bits per heavy atom. The van der Waals surface area contributed by atoms with E-state index < -0.39 is 49.2 Å². The van der Waals surface area contributed by atoms with Crippen LogP contribution in [0.25, 0.3) is 0 Å². The fourth-order valence-electron chi connectivity index (χ4n) is 3.65. The molecule has 0 aromatic rings. The van der Waals surface area contributed by atoms with Crippen molar-refractivity contribution in [2.75, 3.05) is 26.9 Å². The van der Waals surface area contributed by atoms with Gasteiger partial charge in [0.1, 0.15) is 36.6 Å². The summed E-state index contributed by atoms with van der Waals surface area (Å²) in [7, 11) is 1.40. The Bertz CT molecular complexity index is 424. The first-order valence-electron chi connectivity index (χ1n) is 10.3. The van der Waals surface area contributed by atoms with Crippen LogP contribution in [0.1, 0.15) is 45.4 Å². The van der Waals surface area contributed by atoms with E-state index in [2.05, 4.69) is 6.92 Å². The standard InChI is InChI=1S/C19H36O9/c1-3-4-5-6-7-8-9-25-18-15(23)17(13(11-21)26-18)28-19-14(22)16(24-2)12(10-20)27-19/h12-23H,3-11H2,1-2H3/t12-,13-,14+,15+,16-,17-,18+,19-/m1/s1. The summed E-state index contributed by atoms with van der Waals surface area (Å²) in [6.45, 7) is 1.90. The van der Waals surface area contributed by atoms with Gasteiger partial charge in [-0.05, 0) is 6.42 Å². The van der Waals surface area contributed by atoms with Crippen LogP contribution in [0, 0.1) is 0 Å². The number of aliphatic hydroxyl groups is 4. The van der Waals surface area contributed by atoms with Crippen LogP contribution in [-0.2, 0) is 23.7 Å². The normalized spacial score (nSPS) is 38.4. The summed E-state index contributed by atoms with van der Waals surface area (Å²) in [6.07, 6.45) is -0.826. The fraction of sp³-hybridized carbons (Fsp3) is 1.00. The zero-order valence-electron chi connectivity index (χ0n) is 16.8. The average Bonchev–Trinajstić information content (AvgIpc) is 3.18. The molecule has 2 saturated heterocycles. The Kier molecular flexibility index (Phi) is 10.6. The van der Waals surface area contributed by atoms with Crippen LogP contribution in [0.2, 0.25) is 0 Å². The molecule has 2 fully saturated rings. The van der Waals surface area contributed by atoms with Gasteiger partial charge in [0.15, 0.2) is 12.6 Å². The Balaban J connectivity index is 1.81. The topological polar surface area (TPSA) is 127 Å². The minimum absolute atomic E-state index is 0.341. The summed E-state index contributed by atoms with van der Waals surface area (Å²) in [6, 6.07) is 0. The third-order valence-corrected chi connectivity index (χ3v) is 5.28. The Labute approximate surface area is 166 Å². The summed E-state index contributed by atoms with van der Waals surface area (Å²) in [5, 5.41) is 39.7. The molecule has 4 N–H and O–H groups in total. The van der Waals surface area contributed by atoms with E-state index in [1.807, 2.05) is 0 Å². The average molecular weight is 408 g/mol. The van der Waals surface area contributed by atoms with E-state index in [1.165, 1.54) is 26.4 Å². The highest BCUT2D eigenvalue weighted by Gasteiger charge is 2.51. The first-order chi connectivity index (χ1) is 13.6. The minimum atomic E-state index is -1.14. The molecule has 8 atom stereocenters. The van der Waals surface area contributed by atoms with Gasteiger partial charge in [-0.25, -0.2) is 0 Å². The van der Waals surface area contributed by atoms with E-state index in [0.29, 0.717) is 6.61 Å². The molecule has 0 unspecified atom stereocenters. The van der Waals surface area contributed by atoms with Gasteiger partial charge in [0.25, 0.3) is 0 Å². The van der Waals surface area contributed by atoms with Gasteiger partial charge in [0.05, 0.1) is 13.2 Å². The van der Waals surface area contributed by atoms with Crippen LogP contribution >= 0.6 is 0 Å². The molecule has 0 aliphatic carbocycles. The molecule has 0 radical (unpaired) electrons. The molecule has 28 heavy (non-hydrogen) atoms. The van der Waals surface area contributed by atoms with Crippen molar-refractivity contribution in [1.29, 1.82) is 0 Å². The third-order valence-electron chi connectivity index (χ3n) is 5.28. The highest BCUT2D eigenvalue weighted by molar-refractivity contribution is 4.92. The van der Waals surface area contributed by atoms with Crippen LogP contribution in [0.15, 0.2) is 0 Å². The van der Waals surface area contributed by atoms with Gasteiger partial charge in [-0.3, -0.25) is 0 Å². The molecule has 0 saturated carbocycles. The van der Waals surface area contributed by atoms with E-state index in [4.69, 9.17) is 23.7 Å². The maximum atomic E-state index is 10.5. The van der Waals surface area contributed by atoms with Crippen molar-refractivity contribution in [2.45, 2.75) is 94.7 Å². The maximum absolute atomic E-state index is 10.5. The Morgan fingerprint density at radius 1 is 0.786 bits per heavy atom. The first kappa shape index (κ1) is 23.9. The van der Waals surface area contributed by atoms with Crippen molar-refractivity contribution in [3.63, 3.8) is 0 Å². The summed E-state index contributed by atoms with van der Waals surface area (Å²) in [5.74, 6) is 0. The van der Waals surface area contributed by atoms with E-state index in [1.54, 1.807) is 0 Å². The molecule has 9 heteroatoms. The van der Waals surface area contributed by atoms with Gasteiger partial charge in [0.2, 0.25) is 0 Å². The SMILES string of the molecule is CCCCCCCCO[C@H]1O[C@H](CO)[C@@H](O[C@H]2O[C@H](CO)[C@@H](OC)[C@@H]2O)[C@@H]1O. The van der Waals surface area contributed by atoms with Gasteiger partial charge in [-0.2, -0.15) is 0 Å². The van der Waals surface area contributed by atoms with E-state index >= 15 is 0 Å². The molecule has 9 nitrogen and oxygen atoms in total. The molecular weight excluding hydrogens is 372 g/mol. The molecule has 0 aromatic carbocycles. The number of rotatable bonds is 13. The predicted octanol–water partition coefficient (Wildman–Crippen LogP) is -0.0801. The summed E-state index contributed by atoms with van der Waals surface area (Å²) >= 11 is 0. The fourth-order valence-corrected chi connectivity index (χ4v) is 3.65. The number of hydrogen-bond acceptors (Lipinski definition) is 9. The summed E-state index contributed by atoms with van der Waals surface area (Å²) in [4.78, 5) is 0. The van der Waals surface area contributed by atoms with Gasteiger partial charge in [0, 0.05) is 13.7 Å². The van der Waals surface area contributed by atoms with Gasteiger partial charge in [-0.1, -0.05) is 39.0 Å². The second kappa shape index (κ2) is 12.4. The lowest BCUT2D eigenvalue weighted by molar-refractivity contribution is -0.215. The second-order valence-corrected chi connectivity index (χ2v) is 7.37. The molecule has 2 aliphatic heterocycles.